The molecule has 0 saturated heterocycles. The third-order valence-corrected chi connectivity index (χ3v) is 5.50. The molecule has 18 heavy (non-hydrogen) atoms. The zero-order chi connectivity index (χ0) is 13.9. The van der Waals surface area contributed by atoms with Crippen molar-refractivity contribution in [1.82, 2.24) is 0 Å². The van der Waals surface area contributed by atoms with Crippen molar-refractivity contribution in [2.75, 3.05) is 19.4 Å². The Morgan fingerprint density at radius 2 is 1.67 bits per heavy atom. The smallest absolute Gasteiger partial charge is 0.386 e. The Bertz CT molecular complexity index is 348. The third-order valence-electron chi connectivity index (χ3n) is 2.24. The molecule has 0 aliphatic carbocycles. The summed E-state index contributed by atoms with van der Waals surface area (Å²) in [6.07, 6.45) is 1.21. The van der Waals surface area contributed by atoms with Gasteiger partial charge in [0.25, 0.3) is 0 Å². The van der Waals surface area contributed by atoms with E-state index >= 15 is 0 Å². The summed E-state index contributed by atoms with van der Waals surface area (Å²) in [5, 5.41) is 6.51. The third kappa shape index (κ3) is 4.91. The number of nitrogens with one attached hydrogen (secondary N) is 1. The average Bonchev–Trinajstić information content (AvgIpc) is 2.40. The maximum atomic E-state index is 8.35. The molecule has 1 aromatic rings. The Balaban J connectivity index is 0.000000873. The predicted octanol–water partition coefficient (Wildman–Crippen LogP) is 0.808. The van der Waals surface area contributed by atoms with Crippen molar-refractivity contribution in [1.29, 1.82) is 5.41 Å². The largest absolute Gasteiger partial charge is 0.391 e. The van der Waals surface area contributed by atoms with E-state index in [1.54, 1.807) is 0 Å². The van der Waals surface area contributed by atoms with E-state index in [1.165, 1.54) is 0 Å². The molecule has 6 heteroatoms. The van der Waals surface area contributed by atoms with E-state index in [2.05, 4.69) is 0 Å². The lowest BCUT2D eigenvalue weighted by Gasteiger charge is -2.28. The van der Waals surface area contributed by atoms with Gasteiger partial charge in [0.15, 0.2) is 0 Å². The van der Waals surface area contributed by atoms with Gasteiger partial charge in [-0.05, 0) is 19.0 Å². The van der Waals surface area contributed by atoms with E-state index < -0.39 is 8.56 Å². The predicted molar refractivity (Wildman–Crippen MR) is 72.5 cm³/mol. The monoisotopic (exact) mass is 268 g/mol. The van der Waals surface area contributed by atoms with Gasteiger partial charge >= 0.3 is 8.56 Å². The molecule has 5 nitrogen and oxygen atoms in total. The summed E-state index contributed by atoms with van der Waals surface area (Å²) in [5.41, 5.74) is 5.82. The topological polar surface area (TPSA) is 85.4 Å². The molecule has 0 radical (unpaired) electrons. The number of carbonyl (C=O) groups excluding carboxylic acids is 1. The summed E-state index contributed by atoms with van der Waals surface area (Å²) in [7, 11) is -2.37. The highest BCUT2D eigenvalue weighted by Crippen LogP contribution is 2.06. The second kappa shape index (κ2) is 9.70. The first-order valence-electron chi connectivity index (χ1n) is 5.78. The van der Waals surface area contributed by atoms with Crippen molar-refractivity contribution < 1.29 is 13.6 Å². The summed E-state index contributed by atoms with van der Waals surface area (Å²) < 4.78 is 11.6. The van der Waals surface area contributed by atoms with E-state index in [4.69, 9.17) is 24.8 Å². The molecule has 0 unspecified atom stereocenters. The molecule has 0 atom stereocenters. The van der Waals surface area contributed by atoms with Crippen LogP contribution in [0.25, 0.3) is 0 Å². The van der Waals surface area contributed by atoms with Crippen LogP contribution in [0.2, 0.25) is 0 Å². The molecule has 1 aromatic carbocycles. The summed E-state index contributed by atoms with van der Waals surface area (Å²) in [4.78, 5) is 8.35. The fourth-order valence-corrected chi connectivity index (χ4v) is 4.12. The van der Waals surface area contributed by atoms with Crippen molar-refractivity contribution in [3.8, 4) is 0 Å². The standard InChI is InChI=1S/C11H19NO2Si.CHNO/c1-3-13-15(10-12,14-4-2)11-8-6-5-7-9-11;2-1-3/h5-9H,3-4,10,12H2,1-2H3;2H. The van der Waals surface area contributed by atoms with Gasteiger partial charge in [-0.2, -0.15) is 0 Å². The Labute approximate surface area is 109 Å². The van der Waals surface area contributed by atoms with Gasteiger partial charge in [-0.25, -0.2) is 10.2 Å². The summed E-state index contributed by atoms with van der Waals surface area (Å²) >= 11 is 0. The zero-order valence-electron chi connectivity index (χ0n) is 10.8. The second-order valence-corrected chi connectivity index (χ2v) is 6.36. The number of hydrogen-bond donors (Lipinski definition) is 2. The lowest BCUT2D eigenvalue weighted by atomic mass is 10.4. The molecule has 3 N–H and O–H groups in total. The molecular weight excluding hydrogens is 248 g/mol. The minimum atomic E-state index is -2.37. The summed E-state index contributed by atoms with van der Waals surface area (Å²) in [6, 6.07) is 10.0. The maximum Gasteiger partial charge on any atom is 0.386 e. The van der Waals surface area contributed by atoms with Crippen LogP contribution in [-0.4, -0.2) is 34.0 Å². The number of rotatable bonds is 6. The van der Waals surface area contributed by atoms with Gasteiger partial charge in [0.1, 0.15) is 0 Å². The normalized spacial score (nSPS) is 10.2. The summed E-state index contributed by atoms with van der Waals surface area (Å²) in [5.74, 6) is 0. The molecule has 0 heterocycles. The molecule has 1 rings (SSSR count). The van der Waals surface area contributed by atoms with Gasteiger partial charge in [-0.1, -0.05) is 30.3 Å². The van der Waals surface area contributed by atoms with E-state index in [9.17, 15) is 0 Å². The van der Waals surface area contributed by atoms with E-state index in [1.807, 2.05) is 44.2 Å². The molecule has 0 aromatic heterocycles. The van der Waals surface area contributed by atoms with E-state index in [0.29, 0.717) is 19.4 Å². The Kier molecular flexibility index (Phi) is 9.00. The van der Waals surface area contributed by atoms with Crippen molar-refractivity contribution >= 4 is 19.8 Å². The molecule has 0 aliphatic heterocycles. The number of benzene rings is 1. The van der Waals surface area contributed by atoms with Crippen molar-refractivity contribution in [3.05, 3.63) is 30.3 Å². The van der Waals surface area contributed by atoms with E-state index in [-0.39, 0.29) is 0 Å². The highest BCUT2D eigenvalue weighted by molar-refractivity contribution is 6.81. The molecule has 0 spiro atoms. The minimum absolute atomic E-state index is 0.457. The molecule has 0 amide bonds. The van der Waals surface area contributed by atoms with Crippen LogP contribution in [-0.2, 0) is 13.6 Å². The quantitative estimate of drug-likeness (QED) is 0.454. The van der Waals surface area contributed by atoms with Crippen LogP contribution < -0.4 is 10.9 Å². The molecule has 0 saturated carbocycles. The SMILES string of the molecule is CCO[Si](CN)(OCC)c1ccccc1.N=C=O. The van der Waals surface area contributed by atoms with Crippen molar-refractivity contribution in [2.24, 2.45) is 5.73 Å². The van der Waals surface area contributed by atoms with Crippen LogP contribution in [0.3, 0.4) is 0 Å². The van der Waals surface area contributed by atoms with Crippen molar-refractivity contribution in [2.45, 2.75) is 13.8 Å². The second-order valence-electron chi connectivity index (χ2n) is 3.29. The first-order valence-corrected chi connectivity index (χ1v) is 7.80. The van der Waals surface area contributed by atoms with Crippen LogP contribution in [0, 0.1) is 5.41 Å². The molecule has 0 fully saturated rings. The average molecular weight is 268 g/mol. The zero-order valence-corrected chi connectivity index (χ0v) is 11.8. The van der Waals surface area contributed by atoms with Gasteiger partial charge in [0, 0.05) is 19.4 Å². The fourth-order valence-electron chi connectivity index (χ4n) is 1.60. The lowest BCUT2D eigenvalue weighted by Crippen LogP contribution is -2.59. The van der Waals surface area contributed by atoms with Gasteiger partial charge in [0.2, 0.25) is 6.08 Å². The highest BCUT2D eigenvalue weighted by Gasteiger charge is 2.37. The molecule has 100 valence electrons. The van der Waals surface area contributed by atoms with Crippen LogP contribution in [0.4, 0.5) is 0 Å². The lowest BCUT2D eigenvalue weighted by molar-refractivity contribution is 0.197. The highest BCUT2D eigenvalue weighted by atomic mass is 28.4. The Hall–Kier alpha value is -1.30. The minimum Gasteiger partial charge on any atom is -0.391 e. The maximum absolute atomic E-state index is 8.35. The fraction of sp³-hybridized carbons (Fsp3) is 0.417. The molecular formula is C12H20N2O3Si. The number of nitrogens with two attached hydrogens (primary N) is 1. The Morgan fingerprint density at radius 3 is 2.00 bits per heavy atom. The van der Waals surface area contributed by atoms with Crippen LogP contribution in [0.1, 0.15) is 13.8 Å². The Morgan fingerprint density at radius 1 is 1.22 bits per heavy atom. The van der Waals surface area contributed by atoms with Gasteiger partial charge in [-0.3, -0.25) is 0 Å². The van der Waals surface area contributed by atoms with E-state index in [0.717, 1.165) is 11.3 Å². The van der Waals surface area contributed by atoms with Gasteiger partial charge < -0.3 is 14.6 Å². The van der Waals surface area contributed by atoms with Crippen LogP contribution >= 0.6 is 0 Å². The van der Waals surface area contributed by atoms with Crippen LogP contribution in [0.15, 0.2) is 30.3 Å². The first-order chi connectivity index (χ1) is 8.70. The van der Waals surface area contributed by atoms with Crippen molar-refractivity contribution in [3.63, 3.8) is 0 Å². The van der Waals surface area contributed by atoms with Crippen LogP contribution in [0.5, 0.6) is 0 Å². The molecule has 0 aliphatic rings. The number of hydrogen-bond acceptors (Lipinski definition) is 5. The summed E-state index contributed by atoms with van der Waals surface area (Å²) in [6.45, 7) is 5.22. The van der Waals surface area contributed by atoms with Gasteiger partial charge in [0.05, 0.1) is 0 Å². The molecule has 0 bridgehead atoms. The number of isocyanates is 1. The van der Waals surface area contributed by atoms with Gasteiger partial charge in [-0.15, -0.1) is 0 Å². The first kappa shape index (κ1) is 16.7.